The Morgan fingerprint density at radius 2 is 1.75 bits per heavy atom. The van der Waals surface area contributed by atoms with Gasteiger partial charge in [-0.25, -0.2) is 4.98 Å². The molecular weight excluding hydrogens is 448 g/mol. The van der Waals surface area contributed by atoms with E-state index in [1.54, 1.807) is 0 Å². The number of aryl methyl sites for hydroxylation is 2. The van der Waals surface area contributed by atoms with Crippen LogP contribution in [0.25, 0.3) is 0 Å². The fourth-order valence-electron chi connectivity index (χ4n) is 4.46. The molecule has 0 saturated carbocycles. The van der Waals surface area contributed by atoms with Crippen molar-refractivity contribution in [1.29, 1.82) is 0 Å². The lowest BCUT2D eigenvalue weighted by Gasteiger charge is -2.30. The zero-order chi connectivity index (χ0) is 25.1. The summed E-state index contributed by atoms with van der Waals surface area (Å²) in [6, 6.07) is 25.9. The maximum atomic E-state index is 13.3. The third-order valence-corrected chi connectivity index (χ3v) is 6.47. The predicted octanol–water partition coefficient (Wildman–Crippen LogP) is 5.72. The van der Waals surface area contributed by atoms with Crippen molar-refractivity contribution < 1.29 is 9.53 Å². The lowest BCUT2D eigenvalue weighted by atomic mass is 10.0. The van der Waals surface area contributed by atoms with Gasteiger partial charge in [0.1, 0.15) is 5.75 Å². The summed E-state index contributed by atoms with van der Waals surface area (Å²) in [5, 5.41) is 0. The van der Waals surface area contributed by atoms with E-state index >= 15 is 0 Å². The summed E-state index contributed by atoms with van der Waals surface area (Å²) in [4.78, 5) is 27.0. The van der Waals surface area contributed by atoms with Crippen LogP contribution in [0.1, 0.15) is 38.3 Å². The molecule has 5 rings (SSSR count). The topological polar surface area (TPSA) is 58.6 Å². The first kappa shape index (κ1) is 23.5. The van der Waals surface area contributed by atoms with Gasteiger partial charge in [0.2, 0.25) is 11.8 Å². The molecule has 0 unspecified atom stereocenters. The summed E-state index contributed by atoms with van der Waals surface area (Å²) in [5.74, 6) is 1.87. The molecule has 6 heteroatoms. The summed E-state index contributed by atoms with van der Waals surface area (Å²) in [7, 11) is 1.99. The van der Waals surface area contributed by atoms with E-state index in [0.717, 1.165) is 28.1 Å². The number of carbonyl (C=O) groups excluding carboxylic acids is 1. The molecule has 0 N–H and O–H groups in total. The fourth-order valence-corrected chi connectivity index (χ4v) is 4.46. The second-order valence-corrected chi connectivity index (χ2v) is 9.31. The number of para-hydroxylation sites is 1. The summed E-state index contributed by atoms with van der Waals surface area (Å²) in [5.41, 5.74) is 5.75. The highest BCUT2D eigenvalue weighted by molar-refractivity contribution is 5.94. The second kappa shape index (κ2) is 10.2. The molecule has 0 atom stereocenters. The Labute approximate surface area is 212 Å². The molecule has 6 nitrogen and oxygen atoms in total. The molecule has 1 amide bonds. The summed E-state index contributed by atoms with van der Waals surface area (Å²) in [6.45, 7) is 5.70. The van der Waals surface area contributed by atoms with Gasteiger partial charge in [0.05, 0.1) is 17.8 Å². The van der Waals surface area contributed by atoms with Gasteiger partial charge >= 0.3 is 0 Å². The van der Waals surface area contributed by atoms with Gasteiger partial charge in [-0.3, -0.25) is 4.79 Å². The van der Waals surface area contributed by atoms with Crippen LogP contribution in [0.15, 0.2) is 78.9 Å². The number of rotatable bonds is 6. The van der Waals surface area contributed by atoms with Crippen molar-refractivity contribution in [2.45, 2.75) is 33.4 Å². The minimum absolute atomic E-state index is 0.0106. The molecule has 0 bridgehead atoms. The van der Waals surface area contributed by atoms with Crippen molar-refractivity contribution in [2.24, 2.45) is 0 Å². The van der Waals surface area contributed by atoms with Crippen LogP contribution < -0.4 is 9.64 Å². The molecule has 4 aromatic rings. The van der Waals surface area contributed by atoms with E-state index in [4.69, 9.17) is 14.7 Å². The Morgan fingerprint density at radius 3 is 2.53 bits per heavy atom. The second-order valence-electron chi connectivity index (χ2n) is 9.31. The first-order chi connectivity index (χ1) is 17.5. The van der Waals surface area contributed by atoms with E-state index in [1.165, 1.54) is 5.56 Å². The maximum Gasteiger partial charge on any atom is 0.254 e. The molecule has 3 aromatic carbocycles. The number of ether oxygens (including phenoxy) is 1. The molecule has 0 radical (unpaired) electrons. The molecule has 0 aliphatic carbocycles. The van der Waals surface area contributed by atoms with Crippen molar-refractivity contribution >= 4 is 11.9 Å². The monoisotopic (exact) mass is 478 g/mol. The molecule has 2 heterocycles. The minimum atomic E-state index is 0.0106. The van der Waals surface area contributed by atoms with Crippen LogP contribution in [-0.2, 0) is 19.5 Å². The standard InChI is InChI=1S/C30H30N4O2/c1-21-10-9-14-24(18-21)29(35)34-17-16-26-25(20-34)28(36-27-15-8-7-11-22(27)2)32-30(31-26)33(3)19-23-12-5-4-6-13-23/h4-15,18H,16-17,19-20H2,1-3H3. The van der Waals surface area contributed by atoms with Crippen LogP contribution in [0.3, 0.4) is 0 Å². The number of aromatic nitrogens is 2. The summed E-state index contributed by atoms with van der Waals surface area (Å²) in [6.07, 6.45) is 0.645. The number of hydrogen-bond donors (Lipinski definition) is 0. The van der Waals surface area contributed by atoms with Crippen LogP contribution >= 0.6 is 0 Å². The van der Waals surface area contributed by atoms with Crippen molar-refractivity contribution in [3.63, 3.8) is 0 Å². The van der Waals surface area contributed by atoms with Gasteiger partial charge in [-0.1, -0.05) is 66.2 Å². The SMILES string of the molecule is Cc1cccc(C(=O)N2CCc3nc(N(C)Cc4ccccc4)nc(Oc4ccccc4C)c3C2)c1. The first-order valence-corrected chi connectivity index (χ1v) is 12.2. The number of amides is 1. The smallest absolute Gasteiger partial charge is 0.254 e. The van der Waals surface area contributed by atoms with Crippen LogP contribution in [-0.4, -0.2) is 34.4 Å². The van der Waals surface area contributed by atoms with E-state index in [2.05, 4.69) is 12.1 Å². The van der Waals surface area contributed by atoms with Crippen molar-refractivity contribution in [3.8, 4) is 11.6 Å². The minimum Gasteiger partial charge on any atom is -0.438 e. The third kappa shape index (κ3) is 5.08. The van der Waals surface area contributed by atoms with Crippen LogP contribution in [0.4, 0.5) is 5.95 Å². The molecule has 0 saturated heterocycles. The number of benzene rings is 3. The quantitative estimate of drug-likeness (QED) is 0.355. The highest BCUT2D eigenvalue weighted by Crippen LogP contribution is 2.33. The highest BCUT2D eigenvalue weighted by atomic mass is 16.5. The Hall–Kier alpha value is -4.19. The predicted molar refractivity (Wildman–Crippen MR) is 141 cm³/mol. The normalized spacial score (nSPS) is 12.7. The molecule has 182 valence electrons. The largest absolute Gasteiger partial charge is 0.438 e. The average molecular weight is 479 g/mol. The zero-order valence-electron chi connectivity index (χ0n) is 20.9. The fraction of sp³-hybridized carbons (Fsp3) is 0.233. The number of hydrogen-bond acceptors (Lipinski definition) is 5. The number of anilines is 1. The van der Waals surface area contributed by atoms with E-state index in [0.29, 0.717) is 43.4 Å². The highest BCUT2D eigenvalue weighted by Gasteiger charge is 2.28. The maximum absolute atomic E-state index is 13.3. The zero-order valence-corrected chi connectivity index (χ0v) is 20.9. The van der Waals surface area contributed by atoms with Crippen molar-refractivity contribution in [2.75, 3.05) is 18.5 Å². The third-order valence-electron chi connectivity index (χ3n) is 6.47. The summed E-state index contributed by atoms with van der Waals surface area (Å²) < 4.78 is 6.39. The Balaban J connectivity index is 1.49. The van der Waals surface area contributed by atoms with Crippen molar-refractivity contribution in [1.82, 2.24) is 14.9 Å². The van der Waals surface area contributed by atoms with Gasteiger partial charge < -0.3 is 14.5 Å². The molecule has 1 aromatic heterocycles. The van der Waals surface area contributed by atoms with Crippen LogP contribution in [0.2, 0.25) is 0 Å². The van der Waals surface area contributed by atoms with Gasteiger partial charge in [0, 0.05) is 32.1 Å². The molecule has 0 spiro atoms. The van der Waals surface area contributed by atoms with E-state index in [-0.39, 0.29) is 5.91 Å². The van der Waals surface area contributed by atoms with Gasteiger partial charge in [0.25, 0.3) is 5.91 Å². The Morgan fingerprint density at radius 1 is 0.972 bits per heavy atom. The average Bonchev–Trinajstić information content (AvgIpc) is 2.90. The lowest BCUT2D eigenvalue weighted by Crippen LogP contribution is -2.37. The van der Waals surface area contributed by atoms with Crippen LogP contribution in [0.5, 0.6) is 11.6 Å². The van der Waals surface area contributed by atoms with E-state index < -0.39 is 0 Å². The lowest BCUT2D eigenvalue weighted by molar-refractivity contribution is 0.0732. The molecule has 1 aliphatic heterocycles. The Kier molecular flexibility index (Phi) is 6.67. The van der Waals surface area contributed by atoms with Crippen molar-refractivity contribution in [3.05, 3.63) is 112 Å². The Bertz CT molecular complexity index is 1390. The van der Waals surface area contributed by atoms with Gasteiger partial charge in [0.15, 0.2) is 0 Å². The van der Waals surface area contributed by atoms with E-state index in [9.17, 15) is 4.79 Å². The van der Waals surface area contributed by atoms with Gasteiger partial charge in [-0.05, 0) is 43.2 Å². The van der Waals surface area contributed by atoms with Gasteiger partial charge in [-0.2, -0.15) is 4.98 Å². The van der Waals surface area contributed by atoms with Gasteiger partial charge in [-0.15, -0.1) is 0 Å². The molecule has 1 aliphatic rings. The molecule has 0 fully saturated rings. The number of nitrogens with zero attached hydrogens (tertiary/aromatic N) is 4. The van der Waals surface area contributed by atoms with E-state index in [1.807, 2.05) is 97.4 Å². The molecule has 36 heavy (non-hydrogen) atoms. The number of fused-ring (bicyclic) bond motifs is 1. The molecular formula is C30H30N4O2. The summed E-state index contributed by atoms with van der Waals surface area (Å²) >= 11 is 0. The number of carbonyl (C=O) groups is 1. The van der Waals surface area contributed by atoms with Crippen LogP contribution in [0, 0.1) is 13.8 Å². The first-order valence-electron chi connectivity index (χ1n) is 12.2.